The maximum absolute atomic E-state index is 13.8. The van der Waals surface area contributed by atoms with Crippen LogP contribution >= 0.6 is 0 Å². The molecule has 1 aliphatic heterocycles. The topological polar surface area (TPSA) is 86.3 Å². The normalized spacial score (nSPS) is 13.5. The molecule has 10 nitrogen and oxygen atoms in total. The van der Waals surface area contributed by atoms with Gasteiger partial charge in [0.15, 0.2) is 11.5 Å². The van der Waals surface area contributed by atoms with Gasteiger partial charge in [-0.15, -0.1) is 5.06 Å². The molecule has 1 aliphatic rings. The highest BCUT2D eigenvalue weighted by molar-refractivity contribution is 6.05. The van der Waals surface area contributed by atoms with E-state index in [0.29, 0.717) is 23.1 Å². The van der Waals surface area contributed by atoms with Gasteiger partial charge >= 0.3 is 0 Å². The predicted molar refractivity (Wildman–Crippen MR) is 175 cm³/mol. The molecule has 1 fully saturated rings. The van der Waals surface area contributed by atoms with Crippen LogP contribution in [-0.2, 0) is 0 Å². The first-order valence-corrected chi connectivity index (χ1v) is 14.8. The van der Waals surface area contributed by atoms with Crippen molar-refractivity contribution < 1.29 is 14.4 Å². The van der Waals surface area contributed by atoms with Crippen LogP contribution in [-0.4, -0.2) is 86.1 Å². The number of nitrogens with zero attached hydrogens (tertiary/aromatic N) is 6. The lowest BCUT2D eigenvalue weighted by Gasteiger charge is -2.36. The molecule has 3 aromatic carbocycles. The number of hydrogen-bond donors (Lipinski definition) is 1. The SMILES string of the molecule is COc1ccccc1ON(C(=O)c1cnc(Nc2ccc(N3CCN(CCN(C)C)CC3)cc2)nc1)c1c(C)cccc1C. The lowest BCUT2D eigenvalue weighted by molar-refractivity contribution is 0.0875. The maximum atomic E-state index is 13.8. The van der Waals surface area contributed by atoms with Crippen molar-refractivity contribution in [2.24, 2.45) is 0 Å². The van der Waals surface area contributed by atoms with Crippen LogP contribution in [0.5, 0.6) is 11.5 Å². The number of carbonyl (C=O) groups excluding carboxylic acids is 1. The molecule has 1 amide bonds. The van der Waals surface area contributed by atoms with Crippen LogP contribution in [0, 0.1) is 13.8 Å². The number of hydroxylamine groups is 1. The summed E-state index contributed by atoms with van der Waals surface area (Å²) in [5, 5.41) is 4.53. The molecule has 0 radical (unpaired) electrons. The van der Waals surface area contributed by atoms with Crippen LogP contribution in [0.15, 0.2) is 79.1 Å². The van der Waals surface area contributed by atoms with Crippen LogP contribution in [0.2, 0.25) is 0 Å². The van der Waals surface area contributed by atoms with E-state index in [1.165, 1.54) is 23.1 Å². The molecule has 0 saturated carbocycles. The summed E-state index contributed by atoms with van der Waals surface area (Å²) in [5.41, 5.74) is 4.79. The summed E-state index contributed by atoms with van der Waals surface area (Å²) >= 11 is 0. The third-order valence-corrected chi connectivity index (χ3v) is 7.71. The Labute approximate surface area is 259 Å². The van der Waals surface area contributed by atoms with Gasteiger partial charge in [-0.05, 0) is 75.5 Å². The molecular formula is C34H41N7O3. The Balaban J connectivity index is 1.26. The summed E-state index contributed by atoms with van der Waals surface area (Å²) < 4.78 is 5.46. The highest BCUT2D eigenvalue weighted by atomic mass is 16.7. The van der Waals surface area contributed by atoms with E-state index >= 15 is 0 Å². The van der Waals surface area contributed by atoms with Gasteiger partial charge < -0.3 is 24.7 Å². The van der Waals surface area contributed by atoms with Crippen LogP contribution in [0.4, 0.5) is 23.0 Å². The summed E-state index contributed by atoms with van der Waals surface area (Å²) in [4.78, 5) is 36.1. The van der Waals surface area contributed by atoms with Gasteiger partial charge in [0.05, 0.1) is 18.4 Å². The average molecular weight is 596 g/mol. The minimum absolute atomic E-state index is 0.285. The number of para-hydroxylation sites is 3. The second-order valence-corrected chi connectivity index (χ2v) is 11.2. The Morgan fingerprint density at radius 1 is 0.864 bits per heavy atom. The Morgan fingerprint density at radius 2 is 1.50 bits per heavy atom. The Kier molecular flexibility index (Phi) is 9.93. The smallest absolute Gasteiger partial charge is 0.294 e. The number of likely N-dealkylation sites (N-methyl/N-ethyl adjacent to an activating group) is 1. The van der Waals surface area contributed by atoms with Crippen molar-refractivity contribution in [3.05, 3.63) is 95.8 Å². The molecule has 10 heteroatoms. The lowest BCUT2D eigenvalue weighted by atomic mass is 10.1. The number of benzene rings is 3. The van der Waals surface area contributed by atoms with E-state index in [1.807, 2.05) is 56.3 Å². The van der Waals surface area contributed by atoms with E-state index in [-0.39, 0.29) is 5.56 Å². The average Bonchev–Trinajstić information content (AvgIpc) is 3.04. The Hall–Kier alpha value is -4.67. The zero-order valence-corrected chi connectivity index (χ0v) is 26.2. The van der Waals surface area contributed by atoms with Crippen molar-refractivity contribution in [3.8, 4) is 11.5 Å². The minimum Gasteiger partial charge on any atom is -0.493 e. The van der Waals surface area contributed by atoms with Crippen molar-refractivity contribution in [3.63, 3.8) is 0 Å². The van der Waals surface area contributed by atoms with E-state index in [0.717, 1.165) is 56.1 Å². The predicted octanol–water partition coefficient (Wildman–Crippen LogP) is 5.17. The molecule has 0 unspecified atom stereocenters. The van der Waals surface area contributed by atoms with Crippen LogP contribution < -0.4 is 24.9 Å². The van der Waals surface area contributed by atoms with Gasteiger partial charge in [-0.25, -0.2) is 9.97 Å². The lowest BCUT2D eigenvalue weighted by Crippen LogP contribution is -2.48. The number of amides is 1. The van der Waals surface area contributed by atoms with Crippen molar-refractivity contribution in [1.82, 2.24) is 19.8 Å². The molecule has 2 heterocycles. The molecule has 0 bridgehead atoms. The standard InChI is InChI=1S/C34H41N7O3/c1-25-9-8-10-26(2)32(25)41(44-31-12-7-6-11-30(31)43-5)33(42)27-23-35-34(36-24-27)37-28-13-15-29(16-14-28)40-21-19-39(20-22-40)18-17-38(3)4/h6-16,23-24H,17-22H2,1-5H3,(H,35,36,37). The second-order valence-electron chi connectivity index (χ2n) is 11.2. The number of rotatable bonds is 11. The largest absolute Gasteiger partial charge is 0.493 e. The number of methoxy groups -OCH3 is 1. The number of aromatic nitrogens is 2. The number of hydrogen-bond acceptors (Lipinski definition) is 9. The molecule has 4 aromatic rings. The summed E-state index contributed by atoms with van der Waals surface area (Å²) in [6.07, 6.45) is 3.02. The first kappa shape index (κ1) is 30.8. The molecule has 1 aromatic heterocycles. The Bertz CT molecular complexity index is 1520. The molecule has 0 spiro atoms. The second kappa shape index (κ2) is 14.2. The van der Waals surface area contributed by atoms with E-state index < -0.39 is 5.91 Å². The fraction of sp³-hybridized carbons (Fsp3) is 0.324. The molecule has 0 aliphatic carbocycles. The molecule has 0 atom stereocenters. The number of piperazine rings is 1. The van der Waals surface area contributed by atoms with Gasteiger partial charge in [-0.3, -0.25) is 9.69 Å². The third kappa shape index (κ3) is 7.45. The van der Waals surface area contributed by atoms with Crippen LogP contribution in [0.1, 0.15) is 21.5 Å². The van der Waals surface area contributed by atoms with Gasteiger partial charge in [0.25, 0.3) is 5.91 Å². The quantitative estimate of drug-likeness (QED) is 0.236. The number of aryl methyl sites for hydroxylation is 2. The van der Waals surface area contributed by atoms with Crippen molar-refractivity contribution >= 4 is 28.9 Å². The van der Waals surface area contributed by atoms with Gasteiger partial charge in [0.2, 0.25) is 5.95 Å². The zero-order valence-electron chi connectivity index (χ0n) is 26.2. The van der Waals surface area contributed by atoms with Gasteiger partial charge in [-0.2, -0.15) is 0 Å². The molecular weight excluding hydrogens is 554 g/mol. The highest BCUT2D eigenvalue weighted by Crippen LogP contribution is 2.32. The summed E-state index contributed by atoms with van der Waals surface area (Å²) in [5.74, 6) is 0.930. The molecule has 44 heavy (non-hydrogen) atoms. The van der Waals surface area contributed by atoms with Crippen molar-refractivity contribution in [2.75, 3.05) is 75.8 Å². The van der Waals surface area contributed by atoms with E-state index in [9.17, 15) is 4.79 Å². The monoisotopic (exact) mass is 595 g/mol. The molecule has 230 valence electrons. The van der Waals surface area contributed by atoms with E-state index in [2.05, 4.69) is 56.2 Å². The summed E-state index contributed by atoms with van der Waals surface area (Å²) in [6, 6.07) is 21.3. The summed E-state index contributed by atoms with van der Waals surface area (Å²) in [7, 11) is 5.80. The van der Waals surface area contributed by atoms with E-state index in [4.69, 9.17) is 9.57 Å². The van der Waals surface area contributed by atoms with Crippen LogP contribution in [0.25, 0.3) is 0 Å². The first-order chi connectivity index (χ1) is 21.3. The first-order valence-electron chi connectivity index (χ1n) is 14.8. The van der Waals surface area contributed by atoms with Crippen molar-refractivity contribution in [1.29, 1.82) is 0 Å². The molecule has 1 N–H and O–H groups in total. The zero-order chi connectivity index (χ0) is 31.1. The summed E-state index contributed by atoms with van der Waals surface area (Å²) in [6.45, 7) is 10.2. The fourth-order valence-electron chi connectivity index (χ4n) is 5.18. The van der Waals surface area contributed by atoms with E-state index in [1.54, 1.807) is 19.2 Å². The minimum atomic E-state index is -0.397. The third-order valence-electron chi connectivity index (χ3n) is 7.71. The fourth-order valence-corrected chi connectivity index (χ4v) is 5.18. The number of anilines is 4. The van der Waals surface area contributed by atoms with Gasteiger partial charge in [-0.1, -0.05) is 30.3 Å². The molecule has 1 saturated heterocycles. The Morgan fingerprint density at radius 3 is 2.11 bits per heavy atom. The van der Waals surface area contributed by atoms with Gasteiger partial charge in [0, 0.05) is 63.0 Å². The maximum Gasteiger partial charge on any atom is 0.294 e. The number of carbonyl (C=O) groups is 1. The highest BCUT2D eigenvalue weighted by Gasteiger charge is 2.25. The number of nitrogens with one attached hydrogen (secondary N) is 1. The van der Waals surface area contributed by atoms with Crippen molar-refractivity contribution in [2.45, 2.75) is 13.8 Å². The molecule has 5 rings (SSSR count). The van der Waals surface area contributed by atoms with Crippen LogP contribution in [0.3, 0.4) is 0 Å². The van der Waals surface area contributed by atoms with Gasteiger partial charge in [0.1, 0.15) is 0 Å². The number of ether oxygens (including phenoxy) is 1.